The van der Waals surface area contributed by atoms with Gasteiger partial charge in [-0.2, -0.15) is 5.10 Å². The summed E-state index contributed by atoms with van der Waals surface area (Å²) in [5.41, 5.74) is 1.20. The number of rotatable bonds is 4. The average Bonchev–Trinajstić information content (AvgIpc) is 3.11. The lowest BCUT2D eigenvalue weighted by molar-refractivity contribution is 0.0905. The molecule has 0 atom stereocenters. The Balaban J connectivity index is 1.46. The number of likely N-dealkylation sites (tertiary alicyclic amines) is 1. The second-order valence-corrected chi connectivity index (χ2v) is 7.07. The predicted octanol–water partition coefficient (Wildman–Crippen LogP) is 2.76. The van der Waals surface area contributed by atoms with E-state index in [9.17, 15) is 4.79 Å². The zero-order valence-electron chi connectivity index (χ0n) is 13.2. The van der Waals surface area contributed by atoms with Crippen molar-refractivity contribution in [3.05, 3.63) is 16.4 Å². The molecule has 2 heterocycles. The Labute approximate surface area is 136 Å². The van der Waals surface area contributed by atoms with Crippen LogP contribution < -0.4 is 5.32 Å². The van der Waals surface area contributed by atoms with Crippen molar-refractivity contribution >= 4 is 17.5 Å². The molecule has 1 saturated heterocycles. The average molecular weight is 325 g/mol. The van der Waals surface area contributed by atoms with E-state index in [1.165, 1.54) is 32.2 Å². The molecule has 0 bridgehead atoms. The number of piperidine rings is 1. The molecule has 2 fully saturated rings. The summed E-state index contributed by atoms with van der Waals surface area (Å²) in [5.74, 6) is 0.795. The van der Waals surface area contributed by atoms with Crippen LogP contribution in [-0.4, -0.2) is 46.7 Å². The number of carbonyl (C=O) groups is 1. The van der Waals surface area contributed by atoms with Crippen LogP contribution in [0.5, 0.6) is 0 Å². The lowest BCUT2D eigenvalue weighted by atomic mass is 10.0. The van der Waals surface area contributed by atoms with Crippen LogP contribution >= 0.6 is 11.6 Å². The van der Waals surface area contributed by atoms with E-state index in [-0.39, 0.29) is 17.1 Å². The number of nitrogens with zero attached hydrogens (tertiary/aromatic N) is 2. The van der Waals surface area contributed by atoms with E-state index in [1.807, 2.05) is 6.92 Å². The Bertz CT molecular complexity index is 497. The van der Waals surface area contributed by atoms with Crippen LogP contribution in [0.4, 0.5) is 0 Å². The molecule has 1 amide bonds. The van der Waals surface area contributed by atoms with Gasteiger partial charge >= 0.3 is 0 Å². The Morgan fingerprint density at radius 2 is 2.00 bits per heavy atom. The summed E-state index contributed by atoms with van der Waals surface area (Å²) in [6.07, 6.45) is 7.65. The lowest BCUT2D eigenvalue weighted by Gasteiger charge is -2.33. The van der Waals surface area contributed by atoms with Crippen LogP contribution in [0, 0.1) is 12.8 Å². The van der Waals surface area contributed by atoms with Crippen molar-refractivity contribution in [2.45, 2.75) is 51.5 Å². The summed E-state index contributed by atoms with van der Waals surface area (Å²) in [5, 5.41) is 9.99. The van der Waals surface area contributed by atoms with Crippen molar-refractivity contribution < 1.29 is 4.79 Å². The number of carbonyl (C=O) groups excluding carboxylic acids is 1. The van der Waals surface area contributed by atoms with Crippen LogP contribution in [0.25, 0.3) is 0 Å². The third-order valence-electron chi connectivity index (χ3n) is 5.04. The van der Waals surface area contributed by atoms with Gasteiger partial charge in [0.25, 0.3) is 5.91 Å². The molecule has 122 valence electrons. The van der Waals surface area contributed by atoms with Gasteiger partial charge in [-0.05, 0) is 38.5 Å². The zero-order valence-corrected chi connectivity index (χ0v) is 14.0. The van der Waals surface area contributed by atoms with E-state index in [1.54, 1.807) is 0 Å². The van der Waals surface area contributed by atoms with Crippen molar-refractivity contribution in [3.63, 3.8) is 0 Å². The van der Waals surface area contributed by atoms with Gasteiger partial charge in [-0.15, -0.1) is 0 Å². The molecule has 2 aliphatic rings. The van der Waals surface area contributed by atoms with E-state index >= 15 is 0 Å². The largest absolute Gasteiger partial charge is 0.349 e. The molecule has 22 heavy (non-hydrogen) atoms. The second-order valence-electron chi connectivity index (χ2n) is 6.71. The molecule has 0 spiro atoms. The fourth-order valence-electron chi connectivity index (χ4n) is 3.74. The standard InChI is InChI=1S/C16H25ClN4O/c1-11-14(15(17)20-19-11)16(22)18-13-6-8-21(9-7-13)10-12-4-2-3-5-12/h12-13H,2-10H2,1H3,(H,18,22)(H,19,20). The van der Waals surface area contributed by atoms with E-state index in [4.69, 9.17) is 11.6 Å². The molecule has 1 aromatic heterocycles. The highest BCUT2D eigenvalue weighted by molar-refractivity contribution is 6.32. The van der Waals surface area contributed by atoms with Crippen molar-refractivity contribution in [1.29, 1.82) is 0 Å². The zero-order chi connectivity index (χ0) is 15.5. The number of aromatic nitrogens is 2. The maximum Gasteiger partial charge on any atom is 0.256 e. The van der Waals surface area contributed by atoms with Crippen molar-refractivity contribution in [2.75, 3.05) is 19.6 Å². The van der Waals surface area contributed by atoms with Crippen molar-refractivity contribution in [2.24, 2.45) is 5.92 Å². The van der Waals surface area contributed by atoms with Crippen molar-refractivity contribution in [1.82, 2.24) is 20.4 Å². The maximum absolute atomic E-state index is 12.3. The summed E-state index contributed by atoms with van der Waals surface area (Å²) in [7, 11) is 0. The van der Waals surface area contributed by atoms with Gasteiger partial charge in [0.15, 0.2) is 5.15 Å². The molecule has 1 aliphatic heterocycles. The molecule has 1 saturated carbocycles. The number of H-pyrrole nitrogens is 1. The molecule has 3 rings (SSSR count). The van der Waals surface area contributed by atoms with Gasteiger partial charge < -0.3 is 10.2 Å². The van der Waals surface area contributed by atoms with E-state index in [2.05, 4.69) is 20.4 Å². The highest BCUT2D eigenvalue weighted by Gasteiger charge is 2.25. The first-order valence-corrected chi connectivity index (χ1v) is 8.75. The fraction of sp³-hybridized carbons (Fsp3) is 0.750. The number of aryl methyl sites for hydroxylation is 1. The Hall–Kier alpha value is -1.07. The van der Waals surface area contributed by atoms with Crippen molar-refractivity contribution in [3.8, 4) is 0 Å². The SMILES string of the molecule is Cc1[nH]nc(Cl)c1C(=O)NC1CCN(CC2CCCC2)CC1. The number of hydrogen-bond acceptors (Lipinski definition) is 3. The van der Waals surface area contributed by atoms with Gasteiger partial charge in [0.2, 0.25) is 0 Å². The second kappa shape index (κ2) is 7.01. The summed E-state index contributed by atoms with van der Waals surface area (Å²) in [6, 6.07) is 0.248. The highest BCUT2D eigenvalue weighted by Crippen LogP contribution is 2.26. The van der Waals surface area contributed by atoms with Gasteiger partial charge in [0, 0.05) is 31.4 Å². The number of amides is 1. The number of hydrogen-bond donors (Lipinski definition) is 2. The van der Waals surface area contributed by atoms with Crippen LogP contribution in [-0.2, 0) is 0 Å². The Kier molecular flexibility index (Phi) is 5.03. The molecule has 0 aromatic carbocycles. The molecule has 6 heteroatoms. The van der Waals surface area contributed by atoms with Crippen LogP contribution in [0.3, 0.4) is 0 Å². The Morgan fingerprint density at radius 3 is 2.59 bits per heavy atom. The van der Waals surface area contributed by atoms with Gasteiger partial charge in [0.1, 0.15) is 0 Å². The summed E-state index contributed by atoms with van der Waals surface area (Å²) in [6.45, 7) is 5.23. The van der Waals surface area contributed by atoms with Gasteiger partial charge in [0.05, 0.1) is 5.56 Å². The summed E-state index contributed by atoms with van der Waals surface area (Å²) in [4.78, 5) is 14.9. The minimum absolute atomic E-state index is 0.106. The lowest BCUT2D eigenvalue weighted by Crippen LogP contribution is -2.45. The van der Waals surface area contributed by atoms with E-state index in [0.717, 1.165) is 37.5 Å². The first kappa shape index (κ1) is 15.8. The summed E-state index contributed by atoms with van der Waals surface area (Å²) < 4.78 is 0. The summed E-state index contributed by atoms with van der Waals surface area (Å²) >= 11 is 5.96. The minimum atomic E-state index is -0.106. The third kappa shape index (κ3) is 3.63. The monoisotopic (exact) mass is 324 g/mol. The molecular formula is C16H25ClN4O. The van der Waals surface area contributed by atoms with Crippen LogP contribution in [0.1, 0.15) is 54.6 Å². The van der Waals surface area contributed by atoms with Gasteiger partial charge in [-0.1, -0.05) is 24.4 Å². The normalized spacial score (nSPS) is 21.4. The smallest absolute Gasteiger partial charge is 0.256 e. The molecule has 0 unspecified atom stereocenters. The minimum Gasteiger partial charge on any atom is -0.349 e. The first-order valence-electron chi connectivity index (χ1n) is 8.37. The van der Waals surface area contributed by atoms with E-state index in [0.29, 0.717) is 5.56 Å². The predicted molar refractivity (Wildman–Crippen MR) is 87.2 cm³/mol. The number of nitrogens with one attached hydrogen (secondary N) is 2. The molecule has 5 nitrogen and oxygen atoms in total. The van der Waals surface area contributed by atoms with E-state index < -0.39 is 0 Å². The molecule has 1 aliphatic carbocycles. The quantitative estimate of drug-likeness (QED) is 0.895. The molecule has 0 radical (unpaired) electrons. The van der Waals surface area contributed by atoms with Gasteiger partial charge in [-0.3, -0.25) is 9.89 Å². The third-order valence-corrected chi connectivity index (χ3v) is 5.32. The topological polar surface area (TPSA) is 61.0 Å². The van der Waals surface area contributed by atoms with Crippen LogP contribution in [0.15, 0.2) is 0 Å². The highest BCUT2D eigenvalue weighted by atomic mass is 35.5. The first-order chi connectivity index (χ1) is 10.6. The maximum atomic E-state index is 12.3. The number of halogens is 1. The fourth-order valence-corrected chi connectivity index (χ4v) is 4.01. The Morgan fingerprint density at radius 1 is 1.32 bits per heavy atom. The molecule has 2 N–H and O–H groups in total. The molecular weight excluding hydrogens is 300 g/mol. The van der Waals surface area contributed by atoms with Crippen LogP contribution in [0.2, 0.25) is 5.15 Å². The molecule has 1 aromatic rings. The number of aromatic amines is 1. The van der Waals surface area contributed by atoms with Gasteiger partial charge in [-0.25, -0.2) is 0 Å².